The molecule has 2 aromatic rings. The summed E-state index contributed by atoms with van der Waals surface area (Å²) in [6.45, 7) is 3.19. The predicted molar refractivity (Wildman–Crippen MR) is 98.9 cm³/mol. The van der Waals surface area contributed by atoms with Gasteiger partial charge < -0.3 is 19.3 Å². The van der Waals surface area contributed by atoms with Crippen molar-refractivity contribution >= 4 is 10.1 Å². The average molecular weight is 396 g/mol. The molecule has 1 saturated heterocycles. The summed E-state index contributed by atoms with van der Waals surface area (Å²) in [5.41, 5.74) is 1.97. The van der Waals surface area contributed by atoms with E-state index in [0.717, 1.165) is 11.1 Å². The maximum Gasteiger partial charge on any atom is 0.294 e. The van der Waals surface area contributed by atoms with Crippen LogP contribution in [0.4, 0.5) is 0 Å². The Hall–Kier alpha value is -1.81. The first-order chi connectivity index (χ1) is 12.9. The van der Waals surface area contributed by atoms with Gasteiger partial charge in [0.1, 0.15) is 6.10 Å². The lowest BCUT2D eigenvalue weighted by molar-refractivity contribution is -0.231. The second-order valence-corrected chi connectivity index (χ2v) is 7.34. The second-order valence-electron chi connectivity index (χ2n) is 5.91. The van der Waals surface area contributed by atoms with Gasteiger partial charge in [0.25, 0.3) is 10.1 Å². The highest BCUT2D eigenvalue weighted by molar-refractivity contribution is 7.85. The first-order valence-electron chi connectivity index (χ1n) is 8.45. The molecule has 0 unspecified atom stereocenters. The fourth-order valence-corrected chi connectivity index (χ4v) is 2.79. The zero-order valence-corrected chi connectivity index (χ0v) is 15.8. The highest BCUT2D eigenvalue weighted by Gasteiger charge is 2.23. The molecular weight excluding hydrogens is 372 g/mol. The normalized spacial score (nSPS) is 19.8. The Kier molecular flexibility index (Phi) is 8.36. The Morgan fingerprint density at radius 1 is 1.04 bits per heavy atom. The van der Waals surface area contributed by atoms with E-state index in [0.29, 0.717) is 19.8 Å². The van der Waals surface area contributed by atoms with Gasteiger partial charge in [0.05, 0.1) is 31.3 Å². The number of hydrogen-bond donors (Lipinski definition) is 2. The lowest BCUT2D eigenvalue weighted by Gasteiger charge is -2.29. The molecule has 0 aromatic heterocycles. The van der Waals surface area contributed by atoms with Crippen LogP contribution in [-0.2, 0) is 24.3 Å². The van der Waals surface area contributed by atoms with Crippen molar-refractivity contribution in [3.63, 3.8) is 0 Å². The van der Waals surface area contributed by atoms with Crippen molar-refractivity contribution in [2.45, 2.75) is 24.2 Å². The van der Waals surface area contributed by atoms with E-state index in [1.165, 1.54) is 12.1 Å². The third kappa shape index (κ3) is 7.37. The quantitative estimate of drug-likeness (QED) is 0.748. The van der Waals surface area contributed by atoms with Gasteiger partial charge in [0, 0.05) is 5.56 Å². The van der Waals surface area contributed by atoms with Gasteiger partial charge in [-0.2, -0.15) is 8.42 Å². The summed E-state index contributed by atoms with van der Waals surface area (Å²) in [5.74, 6) is 0. The van der Waals surface area contributed by atoms with E-state index in [4.69, 9.17) is 23.9 Å². The Labute approximate surface area is 159 Å². The molecule has 148 valence electrons. The van der Waals surface area contributed by atoms with Gasteiger partial charge in [-0.25, -0.2) is 0 Å². The molecule has 0 radical (unpaired) electrons. The average Bonchev–Trinajstić information content (AvgIpc) is 2.68. The third-order valence-electron chi connectivity index (χ3n) is 3.70. The zero-order chi connectivity index (χ0) is 19.7. The highest BCUT2D eigenvalue weighted by Crippen LogP contribution is 2.23. The SMILES string of the molecule is Cc1ccc(S(=O)(=O)O)cc1.OCCOC1COC(c2ccccc2)OC1. The number of aliphatic hydroxyl groups is 1. The molecule has 1 aliphatic rings. The van der Waals surface area contributed by atoms with Crippen LogP contribution in [0.3, 0.4) is 0 Å². The summed E-state index contributed by atoms with van der Waals surface area (Å²) in [5, 5.41) is 8.62. The number of ether oxygens (including phenoxy) is 3. The molecule has 0 saturated carbocycles. The minimum absolute atomic E-state index is 0.0264. The smallest absolute Gasteiger partial charge is 0.294 e. The Morgan fingerprint density at radius 2 is 1.63 bits per heavy atom. The third-order valence-corrected chi connectivity index (χ3v) is 4.57. The Balaban J connectivity index is 0.000000208. The first kappa shape index (κ1) is 21.5. The number of aliphatic hydroxyl groups excluding tert-OH is 1. The van der Waals surface area contributed by atoms with Gasteiger partial charge in [-0.05, 0) is 19.1 Å². The van der Waals surface area contributed by atoms with Crippen LogP contribution in [0, 0.1) is 6.92 Å². The molecule has 7 nitrogen and oxygen atoms in total. The summed E-state index contributed by atoms with van der Waals surface area (Å²) in [6.07, 6.45) is -0.373. The van der Waals surface area contributed by atoms with Gasteiger partial charge in [0.15, 0.2) is 6.29 Å². The largest absolute Gasteiger partial charge is 0.394 e. The number of hydrogen-bond acceptors (Lipinski definition) is 6. The number of benzene rings is 2. The van der Waals surface area contributed by atoms with Gasteiger partial charge in [-0.3, -0.25) is 4.55 Å². The molecule has 2 aromatic carbocycles. The van der Waals surface area contributed by atoms with E-state index in [1.54, 1.807) is 12.1 Å². The lowest BCUT2D eigenvalue weighted by atomic mass is 10.2. The standard InChI is InChI=1S/C12H16O4.C7H8O3S/c13-6-7-14-11-8-15-12(16-9-11)10-4-2-1-3-5-10;1-6-2-4-7(5-3-6)11(8,9)10/h1-5,11-13H,6-9H2;2-5H,1H3,(H,8,9,10). The van der Waals surface area contributed by atoms with Crippen LogP contribution in [0.15, 0.2) is 59.5 Å². The van der Waals surface area contributed by atoms with Crippen molar-refractivity contribution in [1.29, 1.82) is 0 Å². The molecule has 8 heteroatoms. The number of aryl methyl sites for hydroxylation is 1. The fourth-order valence-electron chi connectivity index (χ4n) is 2.31. The fraction of sp³-hybridized carbons (Fsp3) is 0.368. The van der Waals surface area contributed by atoms with Crippen LogP contribution >= 0.6 is 0 Å². The molecule has 1 fully saturated rings. The predicted octanol–water partition coefficient (Wildman–Crippen LogP) is 2.35. The molecule has 2 N–H and O–H groups in total. The van der Waals surface area contributed by atoms with Crippen LogP contribution in [0.25, 0.3) is 0 Å². The van der Waals surface area contributed by atoms with Gasteiger partial charge in [-0.1, -0.05) is 48.0 Å². The monoisotopic (exact) mass is 396 g/mol. The lowest BCUT2D eigenvalue weighted by Crippen LogP contribution is -2.34. The minimum atomic E-state index is -4.02. The van der Waals surface area contributed by atoms with Crippen molar-refractivity contribution < 1.29 is 32.3 Å². The van der Waals surface area contributed by atoms with Crippen molar-refractivity contribution in [2.75, 3.05) is 26.4 Å². The summed E-state index contributed by atoms with van der Waals surface area (Å²) in [7, 11) is -4.02. The summed E-state index contributed by atoms with van der Waals surface area (Å²) in [4.78, 5) is -0.0666. The van der Waals surface area contributed by atoms with Crippen molar-refractivity contribution in [3.8, 4) is 0 Å². The molecule has 1 heterocycles. The van der Waals surface area contributed by atoms with E-state index in [-0.39, 0.29) is 23.9 Å². The van der Waals surface area contributed by atoms with Crippen molar-refractivity contribution in [1.82, 2.24) is 0 Å². The molecular formula is C19H24O7S. The maximum atomic E-state index is 10.5. The molecule has 0 spiro atoms. The van der Waals surface area contributed by atoms with Gasteiger partial charge >= 0.3 is 0 Å². The first-order valence-corrected chi connectivity index (χ1v) is 9.89. The molecule has 3 rings (SSSR count). The zero-order valence-electron chi connectivity index (χ0n) is 15.0. The van der Waals surface area contributed by atoms with E-state index in [2.05, 4.69) is 0 Å². The Morgan fingerprint density at radius 3 is 2.15 bits per heavy atom. The van der Waals surface area contributed by atoms with E-state index in [9.17, 15) is 8.42 Å². The topological polar surface area (TPSA) is 102 Å². The van der Waals surface area contributed by atoms with Crippen LogP contribution in [-0.4, -0.2) is 50.6 Å². The summed E-state index contributed by atoms with van der Waals surface area (Å²) in [6, 6.07) is 15.8. The molecule has 0 amide bonds. The van der Waals surface area contributed by atoms with Gasteiger partial charge in [0.2, 0.25) is 0 Å². The molecule has 0 aliphatic carbocycles. The second kappa shape index (κ2) is 10.5. The molecule has 0 bridgehead atoms. The van der Waals surface area contributed by atoms with E-state index >= 15 is 0 Å². The molecule has 0 atom stereocenters. The van der Waals surface area contributed by atoms with Crippen molar-refractivity contribution in [3.05, 3.63) is 65.7 Å². The Bertz CT molecular complexity index is 767. The van der Waals surface area contributed by atoms with E-state index in [1.807, 2.05) is 37.3 Å². The van der Waals surface area contributed by atoms with Crippen LogP contribution in [0.1, 0.15) is 17.4 Å². The van der Waals surface area contributed by atoms with Crippen LogP contribution in [0.5, 0.6) is 0 Å². The van der Waals surface area contributed by atoms with Crippen LogP contribution in [0.2, 0.25) is 0 Å². The van der Waals surface area contributed by atoms with E-state index < -0.39 is 10.1 Å². The van der Waals surface area contributed by atoms with Crippen molar-refractivity contribution in [2.24, 2.45) is 0 Å². The molecule has 27 heavy (non-hydrogen) atoms. The summed E-state index contributed by atoms with van der Waals surface area (Å²) < 4.78 is 46.0. The van der Waals surface area contributed by atoms with Gasteiger partial charge in [-0.15, -0.1) is 0 Å². The maximum absolute atomic E-state index is 10.5. The summed E-state index contributed by atoms with van der Waals surface area (Å²) >= 11 is 0. The highest BCUT2D eigenvalue weighted by atomic mass is 32.2. The van der Waals surface area contributed by atoms with Crippen LogP contribution < -0.4 is 0 Å². The minimum Gasteiger partial charge on any atom is -0.394 e. The number of rotatable bonds is 5. The molecule has 1 aliphatic heterocycles.